The van der Waals surface area contributed by atoms with Crippen LogP contribution in [0.3, 0.4) is 0 Å². The molecule has 0 heterocycles. The molecule has 0 fully saturated rings. The molecule has 9 nitrogen and oxygen atoms in total. The lowest BCUT2D eigenvalue weighted by molar-refractivity contribution is -0.145. The zero-order valence-corrected chi connectivity index (χ0v) is 15.2. The van der Waals surface area contributed by atoms with E-state index in [-0.39, 0.29) is 5.92 Å². The molecular weight excluding hydrogens is 328 g/mol. The molecule has 0 saturated heterocycles. The molecule has 25 heavy (non-hydrogen) atoms. The first-order valence-electron chi connectivity index (χ1n) is 8.57. The average Bonchev–Trinajstić information content (AvgIpc) is 2.49. The van der Waals surface area contributed by atoms with Gasteiger partial charge in [-0.2, -0.15) is 0 Å². The van der Waals surface area contributed by atoms with Crippen molar-refractivity contribution < 1.29 is 24.6 Å². The quantitative estimate of drug-likeness (QED) is 0.241. The molecule has 0 saturated carbocycles. The smallest absolute Gasteiger partial charge is 0.328 e. The standard InChI is InChI=1S/C16H32N4O5/c1-9(2)8-11(18)14(22)19-12(6-4-5-7-17)15(23)20-13(10(3)21)16(24)25/h9-13,21H,4-8,17-18H2,1-3H3,(H,19,22)(H,20,23)(H,24,25). The predicted octanol–water partition coefficient (Wildman–Crippen LogP) is -1.08. The summed E-state index contributed by atoms with van der Waals surface area (Å²) in [6, 6.07) is -3.14. The first-order valence-corrected chi connectivity index (χ1v) is 8.57. The number of aliphatic hydroxyl groups excluding tert-OH is 1. The van der Waals surface area contributed by atoms with Crippen LogP contribution in [-0.2, 0) is 14.4 Å². The second-order valence-corrected chi connectivity index (χ2v) is 6.65. The number of amides is 2. The number of nitrogens with two attached hydrogens (primary N) is 2. The molecule has 0 spiro atoms. The Labute approximate surface area is 148 Å². The van der Waals surface area contributed by atoms with Crippen LogP contribution in [0.4, 0.5) is 0 Å². The minimum Gasteiger partial charge on any atom is -0.480 e. The van der Waals surface area contributed by atoms with E-state index in [1.807, 2.05) is 13.8 Å². The van der Waals surface area contributed by atoms with Gasteiger partial charge in [0.15, 0.2) is 6.04 Å². The maximum atomic E-state index is 12.4. The van der Waals surface area contributed by atoms with Crippen LogP contribution in [0.1, 0.15) is 46.5 Å². The summed E-state index contributed by atoms with van der Waals surface area (Å²) in [4.78, 5) is 35.7. The van der Waals surface area contributed by atoms with Gasteiger partial charge >= 0.3 is 5.97 Å². The molecule has 2 amide bonds. The molecular formula is C16H32N4O5. The van der Waals surface area contributed by atoms with Crippen molar-refractivity contribution in [2.75, 3.05) is 6.54 Å². The number of nitrogens with one attached hydrogen (secondary N) is 2. The van der Waals surface area contributed by atoms with E-state index in [4.69, 9.17) is 16.6 Å². The van der Waals surface area contributed by atoms with E-state index < -0.39 is 42.0 Å². The van der Waals surface area contributed by atoms with Crippen LogP contribution in [-0.4, -0.2) is 58.8 Å². The molecule has 0 rings (SSSR count). The number of hydrogen-bond donors (Lipinski definition) is 6. The van der Waals surface area contributed by atoms with Gasteiger partial charge in [-0.3, -0.25) is 9.59 Å². The molecule has 0 aromatic heterocycles. The van der Waals surface area contributed by atoms with E-state index >= 15 is 0 Å². The second-order valence-electron chi connectivity index (χ2n) is 6.65. The summed E-state index contributed by atoms with van der Waals surface area (Å²) >= 11 is 0. The van der Waals surface area contributed by atoms with Gasteiger partial charge in [0, 0.05) is 0 Å². The van der Waals surface area contributed by atoms with E-state index in [9.17, 15) is 19.5 Å². The molecule has 0 aliphatic rings. The Morgan fingerprint density at radius 1 is 1.04 bits per heavy atom. The van der Waals surface area contributed by atoms with E-state index in [1.54, 1.807) is 0 Å². The van der Waals surface area contributed by atoms with Crippen LogP contribution in [0.2, 0.25) is 0 Å². The minimum atomic E-state index is -1.45. The van der Waals surface area contributed by atoms with Crippen molar-refractivity contribution in [3.63, 3.8) is 0 Å². The first-order chi connectivity index (χ1) is 11.6. The fourth-order valence-electron chi connectivity index (χ4n) is 2.30. The van der Waals surface area contributed by atoms with Gasteiger partial charge in [-0.05, 0) is 45.1 Å². The van der Waals surface area contributed by atoms with Crippen molar-refractivity contribution in [2.45, 2.75) is 70.7 Å². The van der Waals surface area contributed by atoms with Crippen LogP contribution in [0, 0.1) is 5.92 Å². The number of hydrogen-bond acceptors (Lipinski definition) is 6. The van der Waals surface area contributed by atoms with Crippen molar-refractivity contribution in [2.24, 2.45) is 17.4 Å². The van der Waals surface area contributed by atoms with E-state index in [2.05, 4.69) is 10.6 Å². The largest absolute Gasteiger partial charge is 0.480 e. The van der Waals surface area contributed by atoms with Gasteiger partial charge in [0.25, 0.3) is 0 Å². The van der Waals surface area contributed by atoms with Crippen LogP contribution in [0.15, 0.2) is 0 Å². The molecule has 0 aliphatic heterocycles. The summed E-state index contributed by atoms with van der Waals surface area (Å²) in [6.07, 6.45) is 0.742. The van der Waals surface area contributed by atoms with Crippen molar-refractivity contribution in [3.8, 4) is 0 Å². The lowest BCUT2D eigenvalue weighted by Crippen LogP contribution is -2.56. The minimum absolute atomic E-state index is 0.219. The number of carboxylic acids is 1. The summed E-state index contributed by atoms with van der Waals surface area (Å²) in [7, 11) is 0. The Kier molecular flexibility index (Phi) is 11.0. The van der Waals surface area contributed by atoms with Gasteiger partial charge in [-0.15, -0.1) is 0 Å². The van der Waals surface area contributed by atoms with Gasteiger partial charge < -0.3 is 32.3 Å². The SMILES string of the molecule is CC(C)CC(N)C(=O)NC(CCCCN)C(=O)NC(C(=O)O)C(C)O. The number of unbranched alkanes of at least 4 members (excludes halogenated alkanes) is 1. The number of aliphatic carboxylic acids is 1. The third-order valence-corrected chi connectivity index (χ3v) is 3.69. The molecule has 0 radical (unpaired) electrons. The van der Waals surface area contributed by atoms with Gasteiger partial charge in [0.05, 0.1) is 12.1 Å². The maximum absolute atomic E-state index is 12.4. The van der Waals surface area contributed by atoms with Crippen LogP contribution in [0.25, 0.3) is 0 Å². The Balaban J connectivity index is 4.98. The van der Waals surface area contributed by atoms with Crippen LogP contribution >= 0.6 is 0 Å². The number of aliphatic hydroxyl groups is 1. The van der Waals surface area contributed by atoms with Gasteiger partial charge in [0.1, 0.15) is 6.04 Å². The predicted molar refractivity (Wildman–Crippen MR) is 93.5 cm³/mol. The Bertz CT molecular complexity index is 442. The van der Waals surface area contributed by atoms with Crippen molar-refractivity contribution in [1.29, 1.82) is 0 Å². The summed E-state index contributed by atoms with van der Waals surface area (Å²) in [6.45, 7) is 5.57. The molecule has 0 aliphatic carbocycles. The molecule has 8 N–H and O–H groups in total. The zero-order valence-electron chi connectivity index (χ0n) is 15.2. The molecule has 9 heteroatoms. The van der Waals surface area contributed by atoms with Gasteiger partial charge in [-0.1, -0.05) is 13.8 Å². The van der Waals surface area contributed by atoms with Crippen molar-refractivity contribution in [3.05, 3.63) is 0 Å². The highest BCUT2D eigenvalue weighted by Crippen LogP contribution is 2.06. The lowest BCUT2D eigenvalue weighted by atomic mass is 10.0. The maximum Gasteiger partial charge on any atom is 0.328 e. The normalized spacial score (nSPS) is 16.0. The van der Waals surface area contributed by atoms with Gasteiger partial charge in [-0.25, -0.2) is 4.79 Å². The number of carboxylic acid groups (broad SMARTS) is 1. The first kappa shape index (κ1) is 23.3. The monoisotopic (exact) mass is 360 g/mol. The second kappa shape index (κ2) is 11.8. The summed E-state index contributed by atoms with van der Waals surface area (Å²) in [5, 5.41) is 23.4. The topological polar surface area (TPSA) is 168 Å². The van der Waals surface area contributed by atoms with Crippen LogP contribution < -0.4 is 22.1 Å². The average molecular weight is 360 g/mol. The highest BCUT2D eigenvalue weighted by molar-refractivity contribution is 5.91. The Hall–Kier alpha value is -1.71. The molecule has 0 bridgehead atoms. The van der Waals surface area contributed by atoms with E-state index in [0.717, 1.165) is 0 Å². The lowest BCUT2D eigenvalue weighted by Gasteiger charge is -2.24. The molecule has 0 aromatic carbocycles. The third kappa shape index (κ3) is 9.37. The fourth-order valence-corrected chi connectivity index (χ4v) is 2.30. The highest BCUT2D eigenvalue weighted by Gasteiger charge is 2.30. The molecule has 4 atom stereocenters. The molecule has 0 aromatic rings. The highest BCUT2D eigenvalue weighted by atomic mass is 16.4. The van der Waals surface area contributed by atoms with E-state index in [0.29, 0.717) is 32.2 Å². The third-order valence-electron chi connectivity index (χ3n) is 3.69. The molecule has 146 valence electrons. The fraction of sp³-hybridized carbons (Fsp3) is 0.812. The van der Waals surface area contributed by atoms with Gasteiger partial charge in [0.2, 0.25) is 11.8 Å². The van der Waals surface area contributed by atoms with Crippen molar-refractivity contribution in [1.82, 2.24) is 10.6 Å². The Morgan fingerprint density at radius 2 is 1.64 bits per heavy atom. The number of carbonyl (C=O) groups excluding carboxylic acids is 2. The van der Waals surface area contributed by atoms with E-state index in [1.165, 1.54) is 6.92 Å². The number of rotatable bonds is 12. The Morgan fingerprint density at radius 3 is 2.08 bits per heavy atom. The molecule has 4 unspecified atom stereocenters. The summed E-state index contributed by atoms with van der Waals surface area (Å²) in [5.74, 6) is -2.27. The zero-order chi connectivity index (χ0) is 19.6. The summed E-state index contributed by atoms with van der Waals surface area (Å²) in [5.41, 5.74) is 11.3. The van der Waals surface area contributed by atoms with Crippen LogP contribution in [0.5, 0.6) is 0 Å². The van der Waals surface area contributed by atoms with Crippen molar-refractivity contribution >= 4 is 17.8 Å². The summed E-state index contributed by atoms with van der Waals surface area (Å²) < 4.78 is 0. The number of carbonyl (C=O) groups is 3.